The first-order valence-electron chi connectivity index (χ1n) is 10.7. The monoisotopic (exact) mass is 462 g/mol. The number of aromatic amines is 1. The number of rotatable bonds is 6. The Morgan fingerprint density at radius 1 is 1.13 bits per heavy atom. The van der Waals surface area contributed by atoms with E-state index in [1.165, 1.54) is 11.8 Å². The summed E-state index contributed by atoms with van der Waals surface area (Å²) in [6.07, 6.45) is 2.94. The van der Waals surface area contributed by atoms with Crippen molar-refractivity contribution in [3.63, 3.8) is 0 Å². The summed E-state index contributed by atoms with van der Waals surface area (Å²) in [5, 5.41) is 8.01. The zero-order valence-electron chi connectivity index (χ0n) is 18.6. The van der Waals surface area contributed by atoms with Gasteiger partial charge in [0.05, 0.1) is 21.7 Å². The Hall–Kier alpha value is -1.91. The highest BCUT2D eigenvalue weighted by Gasteiger charge is 2.27. The number of nitrogens with one attached hydrogen (secondary N) is 1. The van der Waals surface area contributed by atoms with Gasteiger partial charge in [-0.05, 0) is 38.0 Å². The van der Waals surface area contributed by atoms with Crippen molar-refractivity contribution in [3.05, 3.63) is 29.8 Å². The van der Waals surface area contributed by atoms with Crippen LogP contribution in [0.3, 0.4) is 0 Å². The van der Waals surface area contributed by atoms with Crippen LogP contribution in [0.5, 0.6) is 0 Å². The summed E-state index contributed by atoms with van der Waals surface area (Å²) in [5.74, 6) is 2.35. The van der Waals surface area contributed by atoms with Crippen molar-refractivity contribution in [1.29, 1.82) is 0 Å². The van der Waals surface area contributed by atoms with Crippen molar-refractivity contribution < 1.29 is 8.42 Å². The van der Waals surface area contributed by atoms with Crippen molar-refractivity contribution >= 4 is 32.8 Å². The average Bonchev–Trinajstić information content (AvgIpc) is 3.36. The summed E-state index contributed by atoms with van der Waals surface area (Å²) in [7, 11) is -3.48. The topological polar surface area (TPSA) is 96.8 Å². The van der Waals surface area contributed by atoms with Crippen LogP contribution in [0.4, 0.5) is 0 Å². The number of thioether (sulfide) groups is 1. The van der Waals surface area contributed by atoms with Crippen molar-refractivity contribution in [2.45, 2.75) is 74.7 Å². The molecule has 8 nitrogen and oxygen atoms in total. The van der Waals surface area contributed by atoms with E-state index in [0.29, 0.717) is 34.4 Å². The Morgan fingerprint density at radius 3 is 2.52 bits per heavy atom. The van der Waals surface area contributed by atoms with Crippen molar-refractivity contribution in [2.24, 2.45) is 0 Å². The van der Waals surface area contributed by atoms with Crippen LogP contribution in [0.15, 0.2) is 28.3 Å². The van der Waals surface area contributed by atoms with Gasteiger partial charge in [0.2, 0.25) is 15.2 Å². The molecule has 3 heterocycles. The molecule has 0 unspecified atom stereocenters. The SMILES string of the molecule is CCn1c(CSc2n[nH]c(C(C)(C)C)n2)nc2cc(S(=O)(=O)N3CCCCC3)ccc21. The maximum Gasteiger partial charge on any atom is 0.243 e. The summed E-state index contributed by atoms with van der Waals surface area (Å²) >= 11 is 1.52. The maximum atomic E-state index is 13.1. The lowest BCUT2D eigenvalue weighted by Crippen LogP contribution is -2.35. The molecule has 0 amide bonds. The van der Waals surface area contributed by atoms with Crippen LogP contribution in [0, 0.1) is 0 Å². The third-order valence-corrected chi connectivity index (χ3v) is 8.31. The van der Waals surface area contributed by atoms with Crippen LogP contribution in [0.1, 0.15) is 58.6 Å². The smallest absolute Gasteiger partial charge is 0.243 e. The fraction of sp³-hybridized carbons (Fsp3) is 0.571. The molecule has 10 heteroatoms. The van der Waals surface area contributed by atoms with Gasteiger partial charge in [-0.2, -0.15) is 4.31 Å². The van der Waals surface area contributed by atoms with Crippen molar-refractivity contribution in [3.8, 4) is 0 Å². The highest BCUT2D eigenvalue weighted by Crippen LogP contribution is 2.28. The van der Waals surface area contributed by atoms with E-state index in [1.54, 1.807) is 16.4 Å². The van der Waals surface area contributed by atoms with Gasteiger partial charge < -0.3 is 4.57 Å². The largest absolute Gasteiger partial charge is 0.328 e. The quantitative estimate of drug-likeness (QED) is 0.558. The molecule has 1 aromatic carbocycles. The fourth-order valence-corrected chi connectivity index (χ4v) is 6.10. The summed E-state index contributed by atoms with van der Waals surface area (Å²) in [6.45, 7) is 10.3. The number of aryl methyl sites for hydroxylation is 1. The summed E-state index contributed by atoms with van der Waals surface area (Å²) < 4.78 is 29.8. The van der Waals surface area contributed by atoms with E-state index < -0.39 is 10.0 Å². The Kier molecular flexibility index (Phi) is 6.15. The van der Waals surface area contributed by atoms with E-state index in [1.807, 2.05) is 6.07 Å². The Morgan fingerprint density at radius 2 is 1.87 bits per heavy atom. The van der Waals surface area contributed by atoms with Gasteiger partial charge in [0.25, 0.3) is 0 Å². The molecule has 0 saturated carbocycles. The predicted molar refractivity (Wildman–Crippen MR) is 123 cm³/mol. The maximum absolute atomic E-state index is 13.1. The standard InChI is InChI=1S/C21H30N6O2S2/c1-5-27-17-10-9-15(31(28,29)26-11-7-6-8-12-26)13-16(17)22-18(27)14-30-20-23-19(24-25-20)21(2,3)4/h9-10,13H,5-8,11-12,14H2,1-4H3,(H,23,24,25). The second-order valence-electron chi connectivity index (χ2n) is 8.89. The van der Waals surface area contributed by atoms with Gasteiger partial charge in [-0.25, -0.2) is 18.4 Å². The third kappa shape index (κ3) is 4.51. The molecule has 168 valence electrons. The van der Waals surface area contributed by atoms with Crippen LogP contribution >= 0.6 is 11.8 Å². The van der Waals surface area contributed by atoms with Crippen LogP contribution in [0.25, 0.3) is 11.0 Å². The number of sulfonamides is 1. The average molecular weight is 463 g/mol. The molecule has 31 heavy (non-hydrogen) atoms. The lowest BCUT2D eigenvalue weighted by Gasteiger charge is -2.25. The van der Waals surface area contributed by atoms with Gasteiger partial charge in [0.1, 0.15) is 11.6 Å². The number of imidazole rings is 1. The van der Waals surface area contributed by atoms with Crippen LogP contribution in [-0.2, 0) is 27.7 Å². The molecular weight excluding hydrogens is 432 g/mol. The Bertz CT molecular complexity index is 1170. The molecule has 3 aromatic rings. The van der Waals surface area contributed by atoms with E-state index in [0.717, 1.165) is 43.0 Å². The second-order valence-corrected chi connectivity index (χ2v) is 11.8. The van der Waals surface area contributed by atoms with E-state index >= 15 is 0 Å². The van der Waals surface area contributed by atoms with E-state index in [-0.39, 0.29) is 5.41 Å². The van der Waals surface area contributed by atoms with Gasteiger partial charge in [0, 0.05) is 25.0 Å². The Balaban J connectivity index is 1.59. The summed E-state index contributed by atoms with van der Waals surface area (Å²) in [6, 6.07) is 5.30. The lowest BCUT2D eigenvalue weighted by molar-refractivity contribution is 0.346. The fourth-order valence-electron chi connectivity index (χ4n) is 3.81. The van der Waals surface area contributed by atoms with Gasteiger partial charge >= 0.3 is 0 Å². The van der Waals surface area contributed by atoms with Crippen molar-refractivity contribution in [1.82, 2.24) is 29.0 Å². The highest BCUT2D eigenvalue weighted by atomic mass is 32.2. The molecule has 1 aliphatic heterocycles. The van der Waals surface area contributed by atoms with Crippen LogP contribution < -0.4 is 0 Å². The second kappa shape index (κ2) is 8.55. The van der Waals surface area contributed by atoms with E-state index in [4.69, 9.17) is 4.98 Å². The molecule has 0 radical (unpaired) electrons. The van der Waals surface area contributed by atoms with Gasteiger partial charge in [-0.3, -0.25) is 5.10 Å². The molecule has 1 aliphatic rings. The third-order valence-electron chi connectivity index (χ3n) is 5.57. The minimum Gasteiger partial charge on any atom is -0.328 e. The Labute approximate surface area is 187 Å². The van der Waals surface area contributed by atoms with Crippen molar-refractivity contribution in [2.75, 3.05) is 13.1 Å². The molecule has 0 atom stereocenters. The molecule has 0 spiro atoms. The summed E-state index contributed by atoms with van der Waals surface area (Å²) in [4.78, 5) is 9.67. The molecular formula is C21H30N6O2S2. The first-order chi connectivity index (χ1) is 14.7. The highest BCUT2D eigenvalue weighted by molar-refractivity contribution is 7.98. The molecule has 1 fully saturated rings. The minimum absolute atomic E-state index is 0.0847. The number of aromatic nitrogens is 5. The van der Waals surface area contributed by atoms with Gasteiger partial charge in [0.15, 0.2) is 0 Å². The zero-order chi connectivity index (χ0) is 22.2. The van der Waals surface area contributed by atoms with E-state index in [9.17, 15) is 8.42 Å². The molecule has 1 N–H and O–H groups in total. The van der Waals surface area contributed by atoms with Crippen LogP contribution in [-0.4, -0.2) is 50.5 Å². The van der Waals surface area contributed by atoms with Gasteiger partial charge in [-0.15, -0.1) is 5.10 Å². The molecule has 0 aliphatic carbocycles. The number of benzene rings is 1. The first-order valence-corrected chi connectivity index (χ1v) is 13.2. The first kappa shape index (κ1) is 22.3. The summed E-state index contributed by atoms with van der Waals surface area (Å²) in [5.41, 5.74) is 1.57. The number of piperidine rings is 1. The van der Waals surface area contributed by atoms with Gasteiger partial charge in [-0.1, -0.05) is 39.0 Å². The zero-order valence-corrected chi connectivity index (χ0v) is 20.2. The molecule has 1 saturated heterocycles. The lowest BCUT2D eigenvalue weighted by atomic mass is 9.96. The number of hydrogen-bond donors (Lipinski definition) is 1. The number of hydrogen-bond acceptors (Lipinski definition) is 6. The minimum atomic E-state index is -3.48. The van der Waals surface area contributed by atoms with Crippen LogP contribution in [0.2, 0.25) is 0 Å². The molecule has 4 rings (SSSR count). The molecule has 0 bridgehead atoms. The number of nitrogens with zero attached hydrogens (tertiary/aromatic N) is 5. The number of fused-ring (bicyclic) bond motifs is 1. The normalized spacial score (nSPS) is 16.3. The van der Waals surface area contributed by atoms with E-state index in [2.05, 4.69) is 47.4 Å². The predicted octanol–water partition coefficient (Wildman–Crippen LogP) is 3.94. The number of H-pyrrole nitrogens is 1. The molecule has 2 aromatic heterocycles.